The number of nitrogens with zero attached hydrogens (tertiary/aromatic N) is 2. The van der Waals surface area contributed by atoms with Crippen LogP contribution in [0.4, 0.5) is 8.78 Å². The number of carbonyl (C=O) groups excluding carboxylic acids is 2. The van der Waals surface area contributed by atoms with Gasteiger partial charge in [-0.15, -0.1) is 0 Å². The summed E-state index contributed by atoms with van der Waals surface area (Å²) < 4.78 is 32.7. The van der Waals surface area contributed by atoms with Crippen LogP contribution in [0.3, 0.4) is 0 Å². The second-order valence-electron chi connectivity index (χ2n) is 10.5. The van der Waals surface area contributed by atoms with Gasteiger partial charge in [0.1, 0.15) is 11.6 Å². The minimum atomic E-state index is -0.805. The summed E-state index contributed by atoms with van der Waals surface area (Å²) in [6.45, 7) is 1.89. The maximum Gasteiger partial charge on any atom is 0.273 e. The Balaban J connectivity index is 1.26. The molecule has 2 aromatic carbocycles. The monoisotopic (exact) mass is 536 g/mol. The quantitative estimate of drug-likeness (QED) is 0.435. The van der Waals surface area contributed by atoms with Gasteiger partial charge in [0.05, 0.1) is 11.5 Å². The van der Waals surface area contributed by atoms with Crippen molar-refractivity contribution in [3.63, 3.8) is 0 Å². The van der Waals surface area contributed by atoms with Gasteiger partial charge in [0.25, 0.3) is 5.91 Å². The van der Waals surface area contributed by atoms with Crippen molar-refractivity contribution >= 4 is 11.8 Å². The summed E-state index contributed by atoms with van der Waals surface area (Å²) in [5.41, 5.74) is 1.14. The summed E-state index contributed by atoms with van der Waals surface area (Å²) in [7, 11) is 0. The number of hydrogen-bond acceptors (Lipinski definition) is 5. The SMILES string of the molecule is O=C(N[C@H]1CCN(C2CCCCC2)C[C@@H]1C(=O)NCCc1ccccc1)c1cc(-c2ccc(F)cc2F)on1. The Labute approximate surface area is 226 Å². The van der Waals surface area contributed by atoms with E-state index >= 15 is 0 Å². The molecule has 0 bridgehead atoms. The normalized spacial score (nSPS) is 20.5. The summed E-state index contributed by atoms with van der Waals surface area (Å²) in [6, 6.07) is 14.5. The Morgan fingerprint density at radius 3 is 2.56 bits per heavy atom. The molecule has 2 atom stereocenters. The molecule has 3 aromatic rings. The lowest BCUT2D eigenvalue weighted by molar-refractivity contribution is -0.128. The summed E-state index contributed by atoms with van der Waals surface area (Å²) in [4.78, 5) is 28.9. The van der Waals surface area contributed by atoms with Crippen LogP contribution in [-0.4, -0.2) is 53.6 Å². The van der Waals surface area contributed by atoms with Crippen LogP contribution in [0.5, 0.6) is 0 Å². The van der Waals surface area contributed by atoms with Crippen molar-refractivity contribution in [1.82, 2.24) is 20.7 Å². The Hall–Kier alpha value is -3.59. The molecule has 1 aliphatic carbocycles. The van der Waals surface area contributed by atoms with E-state index in [4.69, 9.17) is 4.52 Å². The van der Waals surface area contributed by atoms with E-state index in [1.807, 2.05) is 30.3 Å². The zero-order valence-corrected chi connectivity index (χ0v) is 21.9. The molecule has 1 aliphatic heterocycles. The van der Waals surface area contributed by atoms with Gasteiger partial charge in [0.2, 0.25) is 5.91 Å². The Bertz CT molecular complexity index is 1280. The molecular weight excluding hydrogens is 502 g/mol. The van der Waals surface area contributed by atoms with Crippen LogP contribution in [0, 0.1) is 17.6 Å². The number of rotatable bonds is 8. The lowest BCUT2D eigenvalue weighted by atomic mass is 9.87. The highest BCUT2D eigenvalue weighted by Gasteiger charge is 2.38. The molecule has 206 valence electrons. The molecule has 1 aromatic heterocycles. The predicted molar refractivity (Wildman–Crippen MR) is 143 cm³/mol. The molecule has 2 N–H and O–H groups in total. The van der Waals surface area contributed by atoms with Crippen molar-refractivity contribution < 1.29 is 22.9 Å². The van der Waals surface area contributed by atoms with Crippen LogP contribution in [0.2, 0.25) is 0 Å². The van der Waals surface area contributed by atoms with Crippen molar-refractivity contribution in [2.45, 2.75) is 57.0 Å². The number of benzene rings is 2. The van der Waals surface area contributed by atoms with Gasteiger partial charge in [-0.25, -0.2) is 8.78 Å². The third-order valence-corrected chi connectivity index (χ3v) is 7.88. The number of nitrogens with one attached hydrogen (secondary N) is 2. The first-order valence-electron chi connectivity index (χ1n) is 13.8. The molecule has 9 heteroatoms. The van der Waals surface area contributed by atoms with Crippen LogP contribution in [0.1, 0.15) is 54.6 Å². The van der Waals surface area contributed by atoms with Crippen LogP contribution in [0.25, 0.3) is 11.3 Å². The van der Waals surface area contributed by atoms with Gasteiger partial charge in [-0.2, -0.15) is 0 Å². The standard InChI is InChI=1S/C30H34F2N4O3/c31-21-11-12-23(25(32)17-21)28-18-27(35-39-28)30(38)34-26-14-16-36(22-9-5-2-6-10-22)19-24(26)29(37)33-15-13-20-7-3-1-4-8-20/h1,3-4,7-8,11-12,17-18,22,24,26H,2,5-6,9-10,13-16,19H2,(H,33,37)(H,34,38)/t24-,26-/m0/s1. The number of aromatic nitrogens is 1. The fourth-order valence-corrected chi connectivity index (χ4v) is 5.74. The molecule has 2 fully saturated rings. The van der Waals surface area contributed by atoms with Crippen LogP contribution < -0.4 is 10.6 Å². The number of likely N-dealkylation sites (tertiary alicyclic amines) is 1. The molecule has 1 saturated carbocycles. The molecular formula is C30H34F2N4O3. The first kappa shape index (κ1) is 27.0. The topological polar surface area (TPSA) is 87.5 Å². The number of amides is 2. The highest BCUT2D eigenvalue weighted by Crippen LogP contribution is 2.28. The van der Waals surface area contributed by atoms with Crippen LogP contribution >= 0.6 is 0 Å². The lowest BCUT2D eigenvalue weighted by Crippen LogP contribution is -2.58. The average Bonchev–Trinajstić information content (AvgIpc) is 3.44. The highest BCUT2D eigenvalue weighted by atomic mass is 19.1. The Kier molecular flexibility index (Phi) is 8.66. The fraction of sp³-hybridized carbons (Fsp3) is 0.433. The van der Waals surface area contributed by atoms with E-state index in [0.717, 1.165) is 43.5 Å². The molecule has 2 amide bonds. The van der Waals surface area contributed by atoms with Crippen LogP contribution in [0.15, 0.2) is 59.1 Å². The molecule has 2 aliphatic rings. The summed E-state index contributed by atoms with van der Waals surface area (Å²) >= 11 is 0. The molecule has 0 spiro atoms. The Morgan fingerprint density at radius 1 is 1.00 bits per heavy atom. The average molecular weight is 537 g/mol. The van der Waals surface area contributed by atoms with Crippen molar-refractivity contribution in [2.75, 3.05) is 19.6 Å². The van der Waals surface area contributed by atoms with Crippen molar-refractivity contribution in [2.24, 2.45) is 5.92 Å². The van der Waals surface area contributed by atoms with E-state index in [2.05, 4.69) is 20.7 Å². The van der Waals surface area contributed by atoms with E-state index in [-0.39, 0.29) is 29.0 Å². The Morgan fingerprint density at radius 2 is 1.79 bits per heavy atom. The number of carbonyl (C=O) groups is 2. The second kappa shape index (κ2) is 12.5. The minimum Gasteiger partial charge on any atom is -0.355 e. The van der Waals surface area contributed by atoms with Gasteiger partial charge >= 0.3 is 0 Å². The third kappa shape index (κ3) is 6.71. The third-order valence-electron chi connectivity index (χ3n) is 7.88. The molecule has 39 heavy (non-hydrogen) atoms. The lowest BCUT2D eigenvalue weighted by Gasteiger charge is -2.43. The van der Waals surface area contributed by atoms with Gasteiger partial charge in [0, 0.05) is 43.9 Å². The van der Waals surface area contributed by atoms with E-state index < -0.39 is 23.5 Å². The van der Waals surface area contributed by atoms with Gasteiger partial charge in [0.15, 0.2) is 11.5 Å². The van der Waals surface area contributed by atoms with Gasteiger partial charge in [-0.3, -0.25) is 14.5 Å². The van der Waals surface area contributed by atoms with Gasteiger partial charge in [-0.05, 0) is 43.4 Å². The summed E-state index contributed by atoms with van der Waals surface area (Å²) in [6.07, 6.45) is 7.31. The van der Waals surface area contributed by atoms with E-state index in [1.54, 1.807) is 0 Å². The molecule has 7 nitrogen and oxygen atoms in total. The summed E-state index contributed by atoms with van der Waals surface area (Å²) in [5.74, 6) is -2.47. The number of halogens is 2. The minimum absolute atomic E-state index is 0.0133. The highest BCUT2D eigenvalue weighted by molar-refractivity contribution is 5.94. The smallest absolute Gasteiger partial charge is 0.273 e. The number of hydrogen-bond donors (Lipinski definition) is 2. The van der Waals surface area contributed by atoms with Gasteiger partial charge < -0.3 is 15.2 Å². The first-order chi connectivity index (χ1) is 19.0. The zero-order valence-electron chi connectivity index (χ0n) is 21.9. The molecule has 0 radical (unpaired) electrons. The number of piperidine rings is 1. The predicted octanol–water partition coefficient (Wildman–Crippen LogP) is 4.73. The fourth-order valence-electron chi connectivity index (χ4n) is 5.74. The molecule has 0 unspecified atom stereocenters. The van der Waals surface area contributed by atoms with E-state index in [1.165, 1.54) is 31.4 Å². The van der Waals surface area contributed by atoms with Crippen molar-refractivity contribution in [1.29, 1.82) is 0 Å². The maximum absolute atomic E-state index is 14.2. The van der Waals surface area contributed by atoms with Crippen LogP contribution in [-0.2, 0) is 11.2 Å². The van der Waals surface area contributed by atoms with E-state index in [9.17, 15) is 18.4 Å². The van der Waals surface area contributed by atoms with Gasteiger partial charge in [-0.1, -0.05) is 54.8 Å². The maximum atomic E-state index is 14.2. The zero-order chi connectivity index (χ0) is 27.2. The first-order valence-corrected chi connectivity index (χ1v) is 13.8. The largest absolute Gasteiger partial charge is 0.355 e. The van der Waals surface area contributed by atoms with Crippen molar-refractivity contribution in [3.05, 3.63) is 77.5 Å². The second-order valence-corrected chi connectivity index (χ2v) is 10.5. The molecule has 5 rings (SSSR count). The molecule has 2 heterocycles. The van der Waals surface area contributed by atoms with Crippen molar-refractivity contribution in [3.8, 4) is 11.3 Å². The summed E-state index contributed by atoms with van der Waals surface area (Å²) in [5, 5.41) is 9.87. The molecule has 1 saturated heterocycles. The van der Waals surface area contributed by atoms with E-state index in [0.29, 0.717) is 25.6 Å².